The maximum Gasteiger partial charge on any atom is 0.414 e. The number of imidazole rings is 1. The minimum atomic E-state index is -0.878. The van der Waals surface area contributed by atoms with Crippen LogP contribution in [0.1, 0.15) is 17.4 Å². The Balaban J connectivity index is 1.17. The number of carbonyl (C=O) groups is 4. The van der Waals surface area contributed by atoms with E-state index in [-0.39, 0.29) is 62.2 Å². The zero-order valence-electron chi connectivity index (χ0n) is 22.8. The third kappa shape index (κ3) is 5.87. The molecule has 14 nitrogen and oxygen atoms in total. The van der Waals surface area contributed by atoms with E-state index in [0.717, 1.165) is 17.0 Å². The Bertz CT molecular complexity index is 1470. The number of nitrogens with one attached hydrogen (secondary N) is 2. The molecule has 0 unspecified atom stereocenters. The number of carbonyl (C=O) groups excluding carboxylic acids is 4. The number of hydrogen-bond acceptors (Lipinski definition) is 9. The fourth-order valence-corrected chi connectivity index (χ4v) is 4.83. The van der Waals surface area contributed by atoms with E-state index >= 15 is 8.78 Å². The highest BCUT2D eigenvalue weighted by Gasteiger charge is 2.35. The lowest BCUT2D eigenvalue weighted by Gasteiger charge is -2.37. The lowest BCUT2D eigenvalue weighted by molar-refractivity contribution is -0.133. The van der Waals surface area contributed by atoms with Crippen LogP contribution in [0.5, 0.6) is 0 Å². The van der Waals surface area contributed by atoms with E-state index in [1.54, 1.807) is 23.7 Å². The molecule has 2 aromatic heterocycles. The molecule has 222 valence electrons. The maximum atomic E-state index is 15.2. The first-order valence-corrected chi connectivity index (χ1v) is 13.1. The quantitative estimate of drug-likeness (QED) is 0.416. The zero-order valence-corrected chi connectivity index (χ0v) is 22.8. The molecular weight excluding hydrogens is 558 g/mol. The number of fused-ring (bicyclic) bond motifs is 1. The van der Waals surface area contributed by atoms with Gasteiger partial charge in [-0.15, -0.1) is 0 Å². The Morgan fingerprint density at radius 1 is 1.17 bits per heavy atom. The molecule has 2 fully saturated rings. The van der Waals surface area contributed by atoms with Crippen LogP contribution in [-0.4, -0.2) is 102 Å². The summed E-state index contributed by atoms with van der Waals surface area (Å²) in [5.74, 6) is -2.61. The van der Waals surface area contributed by atoms with Crippen molar-refractivity contribution in [1.29, 1.82) is 0 Å². The first kappa shape index (κ1) is 28.5. The Kier molecular flexibility index (Phi) is 8.04. The number of rotatable bonds is 7. The van der Waals surface area contributed by atoms with Crippen LogP contribution in [-0.2, 0) is 14.3 Å². The highest BCUT2D eigenvalue weighted by molar-refractivity contribution is 5.96. The van der Waals surface area contributed by atoms with E-state index in [1.165, 1.54) is 29.3 Å². The number of cyclic esters (lactones) is 1. The molecule has 2 atom stereocenters. The monoisotopic (exact) mass is 586 g/mol. The molecule has 2 aliphatic heterocycles. The number of anilines is 2. The van der Waals surface area contributed by atoms with Gasteiger partial charge in [0.25, 0.3) is 5.91 Å². The van der Waals surface area contributed by atoms with Gasteiger partial charge >= 0.3 is 12.2 Å². The van der Waals surface area contributed by atoms with Crippen molar-refractivity contribution in [1.82, 2.24) is 29.9 Å². The summed E-state index contributed by atoms with van der Waals surface area (Å²) in [7, 11) is 1.19. The average Bonchev–Trinajstić information content (AvgIpc) is 3.59. The molecule has 0 saturated carbocycles. The van der Waals surface area contributed by atoms with E-state index < -0.39 is 41.9 Å². The average molecular weight is 587 g/mol. The molecule has 3 aromatic rings. The highest BCUT2D eigenvalue weighted by Crippen LogP contribution is 2.31. The molecular formula is C26H28F2N8O6. The van der Waals surface area contributed by atoms with Gasteiger partial charge in [-0.05, 0) is 6.92 Å². The van der Waals surface area contributed by atoms with Crippen LogP contribution in [0.2, 0.25) is 0 Å². The first-order chi connectivity index (χ1) is 20.1. The van der Waals surface area contributed by atoms with Crippen molar-refractivity contribution < 1.29 is 37.4 Å². The van der Waals surface area contributed by atoms with Crippen LogP contribution in [0.4, 0.5) is 29.7 Å². The second kappa shape index (κ2) is 11.8. The number of halogens is 2. The normalized spacial score (nSPS) is 17.7. The van der Waals surface area contributed by atoms with Crippen molar-refractivity contribution in [3.05, 3.63) is 54.2 Å². The van der Waals surface area contributed by atoms with Crippen molar-refractivity contribution >= 4 is 41.0 Å². The van der Waals surface area contributed by atoms with Gasteiger partial charge < -0.3 is 34.3 Å². The molecule has 0 spiro atoms. The maximum absolute atomic E-state index is 15.2. The van der Waals surface area contributed by atoms with Gasteiger partial charge in [0.1, 0.15) is 23.5 Å². The standard InChI is InChI=1S/C26H28F2N8O6/c1-15(31-23(37)20-14-35-4-3-29-12-21(35)32-20)24(38)34-7-5-33(6-8-34)22-18(27)9-16(10-19(22)28)36-13-17(42-26(36)40)11-30-25(39)41-2/h3-4,9-10,12,14-15,17H,5-8,11,13H2,1-2H3,(H,30,39)(H,31,37)/t15-,17-/m0/s1. The molecule has 0 radical (unpaired) electrons. The number of hydrogen-bond donors (Lipinski definition) is 2. The smallest absolute Gasteiger partial charge is 0.414 e. The molecule has 2 N–H and O–H groups in total. The van der Waals surface area contributed by atoms with Gasteiger partial charge in [0.05, 0.1) is 32.1 Å². The summed E-state index contributed by atoms with van der Waals surface area (Å²) in [5, 5.41) is 5.05. The van der Waals surface area contributed by atoms with Crippen LogP contribution < -0.4 is 20.4 Å². The van der Waals surface area contributed by atoms with Crippen molar-refractivity contribution in [3.63, 3.8) is 0 Å². The Morgan fingerprint density at radius 3 is 2.55 bits per heavy atom. The third-order valence-electron chi connectivity index (χ3n) is 6.97. The van der Waals surface area contributed by atoms with Gasteiger partial charge in [0.2, 0.25) is 5.91 Å². The van der Waals surface area contributed by atoms with Gasteiger partial charge in [-0.25, -0.2) is 23.4 Å². The van der Waals surface area contributed by atoms with Crippen molar-refractivity contribution in [2.75, 3.05) is 56.2 Å². The molecule has 0 bridgehead atoms. The molecule has 4 amide bonds. The second-order valence-electron chi connectivity index (χ2n) is 9.72. The number of ether oxygens (including phenoxy) is 2. The van der Waals surface area contributed by atoms with Gasteiger partial charge in [0, 0.05) is 56.9 Å². The van der Waals surface area contributed by atoms with Crippen LogP contribution in [0.3, 0.4) is 0 Å². The Labute approximate surface area is 238 Å². The van der Waals surface area contributed by atoms with Gasteiger partial charge in [-0.1, -0.05) is 0 Å². The van der Waals surface area contributed by atoms with Crippen molar-refractivity contribution in [3.8, 4) is 0 Å². The number of nitrogens with zero attached hydrogens (tertiary/aromatic N) is 6. The summed E-state index contributed by atoms with van der Waals surface area (Å²) in [6, 6.07) is 1.23. The van der Waals surface area contributed by atoms with E-state index in [2.05, 4.69) is 25.3 Å². The van der Waals surface area contributed by atoms with Gasteiger partial charge in [-0.2, -0.15) is 0 Å². The van der Waals surface area contributed by atoms with E-state index in [1.807, 2.05) is 0 Å². The molecule has 1 aromatic carbocycles. The van der Waals surface area contributed by atoms with E-state index in [0.29, 0.717) is 5.65 Å². The minimum Gasteiger partial charge on any atom is -0.453 e. The fraction of sp³-hybridized carbons (Fsp3) is 0.385. The van der Waals surface area contributed by atoms with Crippen LogP contribution in [0, 0.1) is 11.6 Å². The first-order valence-electron chi connectivity index (χ1n) is 13.1. The van der Waals surface area contributed by atoms with E-state index in [4.69, 9.17) is 4.74 Å². The molecule has 4 heterocycles. The number of benzene rings is 1. The molecule has 2 aliphatic rings. The number of aromatic nitrogens is 3. The van der Waals surface area contributed by atoms with Crippen LogP contribution >= 0.6 is 0 Å². The van der Waals surface area contributed by atoms with E-state index in [9.17, 15) is 19.2 Å². The summed E-state index contributed by atoms with van der Waals surface area (Å²) in [4.78, 5) is 61.4. The zero-order chi connectivity index (χ0) is 30.0. The predicted octanol–water partition coefficient (Wildman–Crippen LogP) is 1.16. The summed E-state index contributed by atoms with van der Waals surface area (Å²) in [6.07, 6.45) is 4.02. The highest BCUT2D eigenvalue weighted by atomic mass is 19.1. The number of methoxy groups -OCH3 is 1. The van der Waals surface area contributed by atoms with Gasteiger partial charge in [0.15, 0.2) is 17.3 Å². The summed E-state index contributed by atoms with van der Waals surface area (Å²) < 4.78 is 41.6. The molecule has 5 rings (SSSR count). The van der Waals surface area contributed by atoms with Crippen LogP contribution in [0.15, 0.2) is 36.9 Å². The number of amides is 4. The molecule has 0 aliphatic carbocycles. The van der Waals surface area contributed by atoms with Gasteiger partial charge in [-0.3, -0.25) is 19.5 Å². The molecule has 2 saturated heterocycles. The number of piperazine rings is 1. The lowest BCUT2D eigenvalue weighted by atomic mass is 10.1. The fourth-order valence-electron chi connectivity index (χ4n) is 4.83. The summed E-state index contributed by atoms with van der Waals surface area (Å²) >= 11 is 0. The minimum absolute atomic E-state index is 0.0229. The Hall–Kier alpha value is -5.02. The summed E-state index contributed by atoms with van der Waals surface area (Å²) in [5.41, 5.74) is 0.324. The van der Waals surface area contributed by atoms with Crippen molar-refractivity contribution in [2.24, 2.45) is 0 Å². The van der Waals surface area contributed by atoms with Crippen molar-refractivity contribution in [2.45, 2.75) is 19.1 Å². The summed E-state index contributed by atoms with van der Waals surface area (Å²) in [6.45, 7) is 2.14. The second-order valence-corrected chi connectivity index (χ2v) is 9.72. The predicted molar refractivity (Wildman–Crippen MR) is 143 cm³/mol. The van der Waals surface area contributed by atoms with Crippen LogP contribution in [0.25, 0.3) is 5.65 Å². The largest absolute Gasteiger partial charge is 0.453 e. The SMILES string of the molecule is COC(=O)NC[C@H]1CN(c2cc(F)c(N3CCN(C(=O)[C@H](C)NC(=O)c4cn5ccncc5n4)CC3)c(F)c2)C(=O)O1. The Morgan fingerprint density at radius 2 is 1.88 bits per heavy atom. The topological polar surface area (TPSA) is 151 Å². The third-order valence-corrected chi connectivity index (χ3v) is 6.97. The lowest BCUT2D eigenvalue weighted by Crippen LogP contribution is -2.54. The molecule has 16 heteroatoms. The number of alkyl carbamates (subject to hydrolysis) is 1. The molecule has 42 heavy (non-hydrogen) atoms.